The largest absolute Gasteiger partial charge is 0.477 e. The van der Waals surface area contributed by atoms with Gasteiger partial charge in [0.15, 0.2) is 0 Å². The van der Waals surface area contributed by atoms with Crippen LogP contribution in [0.15, 0.2) is 78.0 Å². The smallest absolute Gasteiger partial charge is 0.354 e. The Hall–Kier alpha value is -4.22. The van der Waals surface area contributed by atoms with Crippen LogP contribution in [0.25, 0.3) is 10.9 Å². The Bertz CT molecular complexity index is 1500. The molecule has 0 unspecified atom stereocenters. The topological polar surface area (TPSA) is 109 Å². The number of carboxylic acids is 1. The number of hydrogen-bond donors (Lipinski definition) is 2. The van der Waals surface area contributed by atoms with Crippen LogP contribution in [0.2, 0.25) is 0 Å². The Labute approximate surface area is 184 Å². The molecule has 2 heterocycles. The van der Waals surface area contributed by atoms with Gasteiger partial charge in [0.1, 0.15) is 10.6 Å². The monoisotopic (exact) mass is 443 g/mol. The third-order valence-corrected chi connectivity index (χ3v) is 6.13. The lowest BCUT2D eigenvalue weighted by Gasteiger charge is -2.12. The lowest BCUT2D eigenvalue weighted by molar-refractivity contribution is 0.0690. The van der Waals surface area contributed by atoms with Gasteiger partial charge in [0.2, 0.25) is 0 Å². The number of rotatable bonds is 4. The molecule has 7 nitrogen and oxygen atoms in total. The highest BCUT2D eigenvalue weighted by Gasteiger charge is 2.20. The predicted molar refractivity (Wildman–Crippen MR) is 121 cm³/mol. The number of nitrogens with one attached hydrogen (secondary N) is 1. The second-order valence-electron chi connectivity index (χ2n) is 6.92. The van der Waals surface area contributed by atoms with Gasteiger partial charge in [-0.1, -0.05) is 36.1 Å². The summed E-state index contributed by atoms with van der Waals surface area (Å²) < 4.78 is 29.0. The van der Waals surface area contributed by atoms with Crippen molar-refractivity contribution >= 4 is 32.6 Å². The number of pyridine rings is 2. The van der Waals surface area contributed by atoms with Crippen LogP contribution in [-0.2, 0) is 10.0 Å². The highest BCUT2D eigenvalue weighted by atomic mass is 32.2. The number of hydrogen-bond acceptors (Lipinski definition) is 5. The summed E-state index contributed by atoms with van der Waals surface area (Å²) in [7, 11) is -3.94. The summed E-state index contributed by atoms with van der Waals surface area (Å²) in [5.74, 6) is 4.67. The summed E-state index contributed by atoms with van der Waals surface area (Å²) >= 11 is 0. The van der Waals surface area contributed by atoms with E-state index >= 15 is 0 Å². The molecule has 0 radical (unpaired) electrons. The molecular weight excluding hydrogens is 426 g/mol. The van der Waals surface area contributed by atoms with Crippen molar-refractivity contribution < 1.29 is 18.3 Å². The zero-order valence-electron chi connectivity index (χ0n) is 16.9. The first kappa shape index (κ1) is 21.0. The van der Waals surface area contributed by atoms with Crippen molar-refractivity contribution in [3.05, 3.63) is 95.4 Å². The molecule has 0 saturated heterocycles. The molecule has 2 aromatic carbocycles. The SMILES string of the molecule is Cc1ccc(S(=O)(=O)Nc2ccccc2C#Cc2ccc(C(=O)O)nc2)c2ncccc12. The molecule has 32 heavy (non-hydrogen) atoms. The first-order chi connectivity index (χ1) is 15.3. The van der Waals surface area contributed by atoms with E-state index in [1.807, 2.05) is 13.0 Å². The van der Waals surface area contributed by atoms with E-state index in [1.54, 1.807) is 48.7 Å². The van der Waals surface area contributed by atoms with Crippen molar-refractivity contribution in [2.45, 2.75) is 11.8 Å². The molecule has 2 aromatic heterocycles. The summed E-state index contributed by atoms with van der Waals surface area (Å²) in [5.41, 5.74) is 2.53. The average molecular weight is 443 g/mol. The van der Waals surface area contributed by atoms with Gasteiger partial charge in [0.05, 0.1) is 11.2 Å². The van der Waals surface area contributed by atoms with Crippen LogP contribution in [0.4, 0.5) is 5.69 Å². The molecule has 2 N–H and O–H groups in total. The Balaban J connectivity index is 1.69. The molecule has 0 atom stereocenters. The molecule has 0 spiro atoms. The Morgan fingerprint density at radius 3 is 2.53 bits per heavy atom. The molecule has 4 rings (SSSR count). The minimum Gasteiger partial charge on any atom is -0.477 e. The first-order valence-corrected chi connectivity index (χ1v) is 11.0. The minimum absolute atomic E-state index is 0.0786. The number of aryl methyl sites for hydroxylation is 1. The number of nitrogens with zero attached hydrogens (tertiary/aromatic N) is 2. The fraction of sp³-hybridized carbons (Fsp3) is 0.0417. The van der Waals surface area contributed by atoms with Gasteiger partial charge in [-0.2, -0.15) is 0 Å². The predicted octanol–water partition coefficient (Wildman–Crippen LogP) is 3.84. The molecule has 4 aromatic rings. The summed E-state index contributed by atoms with van der Waals surface area (Å²) in [6.07, 6.45) is 2.91. The molecule has 0 saturated carbocycles. The maximum absolute atomic E-state index is 13.2. The molecule has 0 fully saturated rings. The maximum atomic E-state index is 13.2. The number of carboxylic acid groups (broad SMARTS) is 1. The van der Waals surface area contributed by atoms with Crippen molar-refractivity contribution in [2.75, 3.05) is 4.72 Å². The number of aromatic nitrogens is 2. The van der Waals surface area contributed by atoms with Gasteiger partial charge in [-0.25, -0.2) is 18.2 Å². The number of benzene rings is 2. The first-order valence-electron chi connectivity index (χ1n) is 9.53. The second-order valence-corrected chi connectivity index (χ2v) is 8.57. The third kappa shape index (κ3) is 4.29. The van der Waals surface area contributed by atoms with Crippen molar-refractivity contribution in [3.63, 3.8) is 0 Å². The zero-order valence-corrected chi connectivity index (χ0v) is 17.7. The van der Waals surface area contributed by atoms with Gasteiger partial charge in [0.25, 0.3) is 10.0 Å². The van der Waals surface area contributed by atoms with E-state index in [0.29, 0.717) is 22.3 Å². The highest BCUT2D eigenvalue weighted by molar-refractivity contribution is 7.93. The van der Waals surface area contributed by atoms with Crippen molar-refractivity contribution in [1.29, 1.82) is 0 Å². The van der Waals surface area contributed by atoms with E-state index in [-0.39, 0.29) is 10.6 Å². The number of anilines is 1. The third-order valence-electron chi connectivity index (χ3n) is 4.74. The molecule has 8 heteroatoms. The van der Waals surface area contributed by atoms with Crippen LogP contribution in [0, 0.1) is 18.8 Å². The number of sulfonamides is 1. The molecule has 0 bridgehead atoms. The van der Waals surface area contributed by atoms with Crippen LogP contribution in [0.3, 0.4) is 0 Å². The second kappa shape index (κ2) is 8.49. The van der Waals surface area contributed by atoms with E-state index in [2.05, 4.69) is 26.5 Å². The van der Waals surface area contributed by atoms with E-state index in [4.69, 9.17) is 5.11 Å². The van der Waals surface area contributed by atoms with Crippen LogP contribution in [0.5, 0.6) is 0 Å². The summed E-state index contributed by atoms with van der Waals surface area (Å²) in [4.78, 5) is 19.1. The van der Waals surface area contributed by atoms with Crippen molar-refractivity contribution in [3.8, 4) is 11.8 Å². The average Bonchev–Trinajstić information content (AvgIpc) is 2.79. The summed E-state index contributed by atoms with van der Waals surface area (Å²) in [6.45, 7) is 1.90. The van der Waals surface area contributed by atoms with Crippen LogP contribution in [0.1, 0.15) is 27.2 Å². The van der Waals surface area contributed by atoms with Gasteiger partial charge >= 0.3 is 5.97 Å². The van der Waals surface area contributed by atoms with Crippen LogP contribution < -0.4 is 4.72 Å². The Morgan fingerprint density at radius 1 is 0.969 bits per heavy atom. The van der Waals surface area contributed by atoms with E-state index in [9.17, 15) is 13.2 Å². The van der Waals surface area contributed by atoms with Gasteiger partial charge in [-0.3, -0.25) is 9.71 Å². The lowest BCUT2D eigenvalue weighted by atomic mass is 10.1. The molecular formula is C24H17N3O4S. The number of fused-ring (bicyclic) bond motifs is 1. The standard InChI is InChI=1S/C24H17N3O4S/c1-16-8-13-22(23-19(16)6-4-14-25-23)32(30,31)27-20-7-3-2-5-18(20)11-9-17-10-12-21(24(28)29)26-15-17/h2-8,10,12-15,27H,1H3,(H,28,29). The van der Waals surface area contributed by atoms with Crippen molar-refractivity contribution in [2.24, 2.45) is 0 Å². The molecule has 0 aliphatic carbocycles. The van der Waals surface area contributed by atoms with Crippen LogP contribution in [-0.4, -0.2) is 29.5 Å². The van der Waals surface area contributed by atoms with Gasteiger partial charge in [-0.05, 0) is 48.9 Å². The van der Waals surface area contributed by atoms with Crippen LogP contribution >= 0.6 is 0 Å². The summed E-state index contributed by atoms with van der Waals surface area (Å²) in [6, 6.07) is 16.5. The summed E-state index contributed by atoms with van der Waals surface area (Å²) in [5, 5.41) is 9.70. The van der Waals surface area contributed by atoms with E-state index in [0.717, 1.165) is 10.9 Å². The molecule has 0 aliphatic heterocycles. The van der Waals surface area contributed by atoms with Gasteiger partial charge < -0.3 is 5.11 Å². The molecule has 0 aliphatic rings. The fourth-order valence-electron chi connectivity index (χ4n) is 3.12. The quantitative estimate of drug-likeness (QED) is 0.464. The maximum Gasteiger partial charge on any atom is 0.354 e. The Kier molecular flexibility index (Phi) is 5.58. The zero-order chi connectivity index (χ0) is 22.7. The Morgan fingerprint density at radius 2 is 1.78 bits per heavy atom. The molecule has 158 valence electrons. The van der Waals surface area contributed by atoms with Crippen molar-refractivity contribution in [1.82, 2.24) is 9.97 Å². The lowest BCUT2D eigenvalue weighted by Crippen LogP contribution is -2.14. The fourth-order valence-corrected chi connectivity index (χ4v) is 4.36. The van der Waals surface area contributed by atoms with Gasteiger partial charge in [0, 0.05) is 28.9 Å². The number of para-hydroxylation sites is 1. The van der Waals surface area contributed by atoms with Gasteiger partial charge in [-0.15, -0.1) is 0 Å². The molecule has 0 amide bonds. The number of aromatic carboxylic acids is 1. The van der Waals surface area contributed by atoms with E-state index < -0.39 is 16.0 Å². The normalized spacial score (nSPS) is 10.9. The minimum atomic E-state index is -3.94. The number of carbonyl (C=O) groups is 1. The van der Waals surface area contributed by atoms with E-state index in [1.165, 1.54) is 18.3 Å². The highest BCUT2D eigenvalue weighted by Crippen LogP contribution is 2.26.